The Morgan fingerprint density at radius 1 is 1.30 bits per heavy atom. The van der Waals surface area contributed by atoms with E-state index in [0.29, 0.717) is 19.0 Å². The van der Waals surface area contributed by atoms with Gasteiger partial charge in [0.15, 0.2) is 11.5 Å². The second kappa shape index (κ2) is 8.46. The molecule has 0 atom stereocenters. The molecule has 1 heterocycles. The third-order valence-electron chi connectivity index (χ3n) is 3.69. The highest BCUT2D eigenvalue weighted by Gasteiger charge is 2.19. The van der Waals surface area contributed by atoms with Crippen molar-refractivity contribution in [2.75, 3.05) is 26.9 Å². The van der Waals surface area contributed by atoms with Gasteiger partial charge in [-0.25, -0.2) is 4.79 Å². The van der Waals surface area contributed by atoms with Gasteiger partial charge in [-0.15, -0.1) is 0 Å². The smallest absolute Gasteiger partial charge is 0.332 e. The lowest BCUT2D eigenvalue weighted by Gasteiger charge is -2.23. The third kappa shape index (κ3) is 4.41. The number of methoxy groups -OCH3 is 1. The number of hydrogen-bond donors (Lipinski definition) is 1. The van der Waals surface area contributed by atoms with Crippen LogP contribution >= 0.6 is 0 Å². The number of nitrogens with one attached hydrogen (secondary N) is 1. The predicted octanol–water partition coefficient (Wildman–Crippen LogP) is 2.92. The molecule has 2 rings (SSSR count). The van der Waals surface area contributed by atoms with Crippen LogP contribution in [0.2, 0.25) is 0 Å². The van der Waals surface area contributed by atoms with Gasteiger partial charge in [0.25, 0.3) is 0 Å². The van der Waals surface area contributed by atoms with E-state index in [4.69, 9.17) is 14.2 Å². The molecule has 1 aliphatic heterocycles. The van der Waals surface area contributed by atoms with Crippen molar-refractivity contribution in [1.29, 1.82) is 0 Å². The van der Waals surface area contributed by atoms with Crippen molar-refractivity contribution in [3.8, 4) is 11.5 Å². The summed E-state index contributed by atoms with van der Waals surface area (Å²) in [5, 5.41) is 3.26. The zero-order chi connectivity index (χ0) is 16.7. The summed E-state index contributed by atoms with van der Waals surface area (Å²) in [6, 6.07) is 3.94. The summed E-state index contributed by atoms with van der Waals surface area (Å²) >= 11 is 0. The molecule has 0 spiro atoms. The van der Waals surface area contributed by atoms with E-state index in [2.05, 4.69) is 12.2 Å². The van der Waals surface area contributed by atoms with E-state index < -0.39 is 0 Å². The molecule has 5 nitrogen and oxygen atoms in total. The van der Waals surface area contributed by atoms with Crippen LogP contribution in [-0.2, 0) is 16.0 Å². The molecule has 0 aliphatic carbocycles. The minimum atomic E-state index is -0.341. The van der Waals surface area contributed by atoms with Gasteiger partial charge in [0.1, 0.15) is 0 Å². The molecular formula is C18H25NO4. The van der Waals surface area contributed by atoms with E-state index in [1.807, 2.05) is 12.1 Å². The van der Waals surface area contributed by atoms with Crippen LogP contribution in [0, 0.1) is 0 Å². The fourth-order valence-corrected chi connectivity index (χ4v) is 2.52. The summed E-state index contributed by atoms with van der Waals surface area (Å²) in [7, 11) is 1.64. The molecule has 1 N–H and O–H groups in total. The van der Waals surface area contributed by atoms with Gasteiger partial charge in [0.2, 0.25) is 0 Å². The number of rotatable bonds is 7. The molecule has 0 aromatic heterocycles. The highest BCUT2D eigenvalue weighted by Crippen LogP contribution is 2.35. The van der Waals surface area contributed by atoms with Crippen LogP contribution in [0.15, 0.2) is 18.2 Å². The summed E-state index contributed by atoms with van der Waals surface area (Å²) in [4.78, 5) is 11.7. The highest BCUT2D eigenvalue weighted by atomic mass is 16.5. The van der Waals surface area contributed by atoms with Crippen molar-refractivity contribution < 1.29 is 19.0 Å². The molecule has 5 heteroatoms. The number of benzene rings is 1. The summed E-state index contributed by atoms with van der Waals surface area (Å²) in [5.74, 6) is 1.10. The first-order valence-electron chi connectivity index (χ1n) is 8.16. The van der Waals surface area contributed by atoms with Gasteiger partial charge in [-0.3, -0.25) is 0 Å². The van der Waals surface area contributed by atoms with Crippen molar-refractivity contribution in [2.24, 2.45) is 0 Å². The molecular weight excluding hydrogens is 294 g/mol. The van der Waals surface area contributed by atoms with Gasteiger partial charge in [-0.1, -0.05) is 13.3 Å². The van der Waals surface area contributed by atoms with Crippen LogP contribution in [-0.4, -0.2) is 32.8 Å². The summed E-state index contributed by atoms with van der Waals surface area (Å²) in [6.07, 6.45) is 4.44. The van der Waals surface area contributed by atoms with E-state index in [0.717, 1.165) is 48.4 Å². The Bertz CT molecular complexity index is 581. The molecule has 1 aliphatic rings. The lowest BCUT2D eigenvalue weighted by atomic mass is 9.97. The van der Waals surface area contributed by atoms with Crippen LogP contribution in [0.3, 0.4) is 0 Å². The largest absolute Gasteiger partial charge is 0.493 e. The van der Waals surface area contributed by atoms with Crippen LogP contribution < -0.4 is 14.8 Å². The second-order valence-electron chi connectivity index (χ2n) is 5.35. The zero-order valence-electron chi connectivity index (χ0n) is 14.1. The number of carbonyl (C=O) groups is 1. The normalized spacial score (nSPS) is 14.8. The van der Waals surface area contributed by atoms with Gasteiger partial charge >= 0.3 is 5.97 Å². The molecule has 0 saturated carbocycles. The van der Waals surface area contributed by atoms with Gasteiger partial charge in [0, 0.05) is 23.9 Å². The lowest BCUT2D eigenvalue weighted by Crippen LogP contribution is -2.24. The average molecular weight is 319 g/mol. The number of carbonyl (C=O) groups excluding carboxylic acids is 1. The number of ether oxygens (including phenoxy) is 3. The van der Waals surface area contributed by atoms with Gasteiger partial charge in [-0.05, 0) is 37.5 Å². The Labute approximate surface area is 137 Å². The van der Waals surface area contributed by atoms with Gasteiger partial charge < -0.3 is 19.5 Å². The van der Waals surface area contributed by atoms with E-state index in [9.17, 15) is 4.79 Å². The molecule has 1 aromatic rings. The van der Waals surface area contributed by atoms with E-state index >= 15 is 0 Å². The molecule has 1 aromatic carbocycles. The Kier molecular flexibility index (Phi) is 6.32. The maximum atomic E-state index is 11.7. The van der Waals surface area contributed by atoms with Crippen LogP contribution in [0.25, 0.3) is 5.70 Å². The minimum absolute atomic E-state index is 0.341. The SMILES string of the molecule is CCCCOc1cc2c(cc1OC)CCN/C2=C\C(=O)OCC. The number of esters is 1. The van der Waals surface area contributed by atoms with Crippen molar-refractivity contribution >= 4 is 11.7 Å². The molecule has 0 unspecified atom stereocenters. The van der Waals surface area contributed by atoms with Crippen LogP contribution in [0.5, 0.6) is 11.5 Å². The van der Waals surface area contributed by atoms with E-state index in [1.54, 1.807) is 14.0 Å². The third-order valence-corrected chi connectivity index (χ3v) is 3.69. The molecule has 23 heavy (non-hydrogen) atoms. The maximum absolute atomic E-state index is 11.7. The zero-order valence-corrected chi connectivity index (χ0v) is 14.1. The Hall–Kier alpha value is -2.17. The number of fused-ring (bicyclic) bond motifs is 1. The first-order chi connectivity index (χ1) is 11.2. The standard InChI is InChI=1S/C18H25NO4/c1-4-6-9-23-17-11-14-13(10-16(17)21-3)7-8-19-15(14)12-18(20)22-5-2/h10-12,19H,4-9H2,1-3H3/b15-12-. The fourth-order valence-electron chi connectivity index (χ4n) is 2.52. The van der Waals surface area contributed by atoms with Crippen molar-refractivity contribution in [3.63, 3.8) is 0 Å². The molecule has 126 valence electrons. The molecule has 0 bridgehead atoms. The topological polar surface area (TPSA) is 56.8 Å². The molecule has 0 amide bonds. The highest BCUT2D eigenvalue weighted by molar-refractivity contribution is 5.92. The van der Waals surface area contributed by atoms with Crippen LogP contribution in [0.1, 0.15) is 37.8 Å². The summed E-state index contributed by atoms with van der Waals surface area (Å²) in [5.41, 5.74) is 2.88. The van der Waals surface area contributed by atoms with Crippen molar-refractivity contribution in [2.45, 2.75) is 33.1 Å². The summed E-state index contributed by atoms with van der Waals surface area (Å²) < 4.78 is 16.3. The summed E-state index contributed by atoms with van der Waals surface area (Å²) in [6.45, 7) is 5.71. The maximum Gasteiger partial charge on any atom is 0.332 e. The minimum Gasteiger partial charge on any atom is -0.493 e. The predicted molar refractivity (Wildman–Crippen MR) is 89.7 cm³/mol. The average Bonchev–Trinajstić information content (AvgIpc) is 2.55. The first-order valence-corrected chi connectivity index (χ1v) is 8.16. The van der Waals surface area contributed by atoms with E-state index in [1.165, 1.54) is 6.08 Å². The quantitative estimate of drug-likeness (QED) is 0.476. The van der Waals surface area contributed by atoms with Crippen molar-refractivity contribution in [3.05, 3.63) is 29.3 Å². The Morgan fingerprint density at radius 3 is 2.83 bits per heavy atom. The van der Waals surface area contributed by atoms with Gasteiger partial charge in [-0.2, -0.15) is 0 Å². The fraction of sp³-hybridized carbons (Fsp3) is 0.500. The second-order valence-corrected chi connectivity index (χ2v) is 5.35. The molecule has 0 saturated heterocycles. The Balaban J connectivity index is 2.32. The number of unbranched alkanes of at least 4 members (excludes halogenated alkanes) is 1. The Morgan fingerprint density at radius 2 is 2.13 bits per heavy atom. The monoisotopic (exact) mass is 319 g/mol. The first kappa shape index (κ1) is 17.2. The molecule has 0 radical (unpaired) electrons. The molecule has 0 fully saturated rings. The number of hydrogen-bond acceptors (Lipinski definition) is 5. The van der Waals surface area contributed by atoms with E-state index in [-0.39, 0.29) is 5.97 Å². The van der Waals surface area contributed by atoms with Crippen LogP contribution in [0.4, 0.5) is 0 Å². The lowest BCUT2D eigenvalue weighted by molar-refractivity contribution is -0.137. The van der Waals surface area contributed by atoms with Crippen molar-refractivity contribution in [1.82, 2.24) is 5.32 Å². The van der Waals surface area contributed by atoms with Gasteiger partial charge in [0.05, 0.1) is 20.3 Å².